The standard InChI is InChI=1S/C11H18N4O/c1-7-8(2)14-15-11(12-7)13-9-4-5-10(6-9)16-3/h9-10H,4-6H2,1-3H3,(H,12,13,15). The summed E-state index contributed by atoms with van der Waals surface area (Å²) in [6.45, 7) is 3.86. The quantitative estimate of drug-likeness (QED) is 0.839. The van der Waals surface area contributed by atoms with E-state index in [4.69, 9.17) is 4.74 Å². The number of rotatable bonds is 3. The topological polar surface area (TPSA) is 59.9 Å². The van der Waals surface area contributed by atoms with Crippen LogP contribution in [0.15, 0.2) is 0 Å². The van der Waals surface area contributed by atoms with Crippen LogP contribution in [-0.4, -0.2) is 34.4 Å². The molecule has 2 unspecified atom stereocenters. The summed E-state index contributed by atoms with van der Waals surface area (Å²) < 4.78 is 5.33. The van der Waals surface area contributed by atoms with Gasteiger partial charge in [-0.1, -0.05) is 0 Å². The summed E-state index contributed by atoms with van der Waals surface area (Å²) in [5.74, 6) is 0.629. The molecule has 0 aromatic carbocycles. The molecule has 1 aliphatic rings. The molecule has 0 bridgehead atoms. The molecule has 0 aliphatic heterocycles. The highest BCUT2D eigenvalue weighted by atomic mass is 16.5. The lowest BCUT2D eigenvalue weighted by atomic mass is 10.2. The Bertz CT molecular complexity index is 369. The van der Waals surface area contributed by atoms with E-state index in [9.17, 15) is 0 Å². The molecule has 5 nitrogen and oxygen atoms in total. The normalized spacial score (nSPS) is 24.7. The van der Waals surface area contributed by atoms with Crippen molar-refractivity contribution in [2.75, 3.05) is 12.4 Å². The minimum absolute atomic E-state index is 0.372. The molecular formula is C11H18N4O. The first-order valence-corrected chi connectivity index (χ1v) is 5.66. The summed E-state index contributed by atoms with van der Waals surface area (Å²) in [4.78, 5) is 4.36. The van der Waals surface area contributed by atoms with Gasteiger partial charge in [-0.05, 0) is 33.1 Å². The zero-order valence-electron chi connectivity index (χ0n) is 10.0. The van der Waals surface area contributed by atoms with Crippen molar-refractivity contribution in [3.63, 3.8) is 0 Å². The Kier molecular flexibility index (Phi) is 3.33. The Morgan fingerprint density at radius 1 is 1.19 bits per heavy atom. The number of hydrogen-bond donors (Lipinski definition) is 1. The molecule has 0 saturated heterocycles. The molecule has 1 aliphatic carbocycles. The van der Waals surface area contributed by atoms with Crippen molar-refractivity contribution in [3.8, 4) is 0 Å². The smallest absolute Gasteiger partial charge is 0.243 e. The van der Waals surface area contributed by atoms with E-state index in [1.54, 1.807) is 7.11 Å². The highest BCUT2D eigenvalue weighted by Crippen LogP contribution is 2.23. The molecule has 1 fully saturated rings. The second-order valence-electron chi connectivity index (χ2n) is 4.32. The molecule has 1 aromatic heterocycles. The lowest BCUT2D eigenvalue weighted by Crippen LogP contribution is -2.19. The van der Waals surface area contributed by atoms with Crippen molar-refractivity contribution in [1.29, 1.82) is 0 Å². The summed E-state index contributed by atoms with van der Waals surface area (Å²) in [5.41, 5.74) is 1.81. The first kappa shape index (κ1) is 11.3. The maximum absolute atomic E-state index is 5.33. The van der Waals surface area contributed by atoms with E-state index in [-0.39, 0.29) is 0 Å². The molecule has 88 valence electrons. The zero-order valence-corrected chi connectivity index (χ0v) is 10.0. The third-order valence-electron chi connectivity index (χ3n) is 3.14. The van der Waals surface area contributed by atoms with Crippen molar-refractivity contribution >= 4 is 5.95 Å². The van der Waals surface area contributed by atoms with Crippen LogP contribution in [-0.2, 0) is 4.74 Å². The Hall–Kier alpha value is -1.23. The molecular weight excluding hydrogens is 204 g/mol. The van der Waals surface area contributed by atoms with Gasteiger partial charge in [0.2, 0.25) is 5.95 Å². The third kappa shape index (κ3) is 2.47. The molecule has 1 heterocycles. The van der Waals surface area contributed by atoms with Crippen LogP contribution in [0.5, 0.6) is 0 Å². The Balaban J connectivity index is 1.97. The largest absolute Gasteiger partial charge is 0.381 e. The predicted molar refractivity (Wildman–Crippen MR) is 61.4 cm³/mol. The summed E-state index contributed by atoms with van der Waals surface area (Å²) in [7, 11) is 1.77. The Labute approximate surface area is 95.6 Å². The van der Waals surface area contributed by atoms with E-state index in [1.165, 1.54) is 0 Å². The average Bonchev–Trinajstić information content (AvgIpc) is 2.71. The van der Waals surface area contributed by atoms with Crippen molar-refractivity contribution in [3.05, 3.63) is 11.4 Å². The maximum Gasteiger partial charge on any atom is 0.243 e. The van der Waals surface area contributed by atoms with Crippen LogP contribution in [0.1, 0.15) is 30.7 Å². The predicted octanol–water partition coefficient (Wildman–Crippen LogP) is 1.47. The number of nitrogens with zero attached hydrogens (tertiary/aromatic N) is 3. The summed E-state index contributed by atoms with van der Waals surface area (Å²) >= 11 is 0. The molecule has 5 heteroatoms. The van der Waals surface area contributed by atoms with Gasteiger partial charge < -0.3 is 10.1 Å². The minimum atomic E-state index is 0.372. The highest BCUT2D eigenvalue weighted by molar-refractivity contribution is 5.26. The van der Waals surface area contributed by atoms with E-state index < -0.39 is 0 Å². The van der Waals surface area contributed by atoms with Crippen LogP contribution in [0.3, 0.4) is 0 Å². The van der Waals surface area contributed by atoms with Crippen LogP contribution in [0, 0.1) is 13.8 Å². The second kappa shape index (κ2) is 4.74. The molecule has 1 saturated carbocycles. The summed E-state index contributed by atoms with van der Waals surface area (Å²) in [6.07, 6.45) is 3.60. The van der Waals surface area contributed by atoms with Gasteiger partial charge in [0.25, 0.3) is 0 Å². The van der Waals surface area contributed by atoms with Gasteiger partial charge in [-0.2, -0.15) is 5.10 Å². The van der Waals surface area contributed by atoms with Gasteiger partial charge in [0.15, 0.2) is 0 Å². The second-order valence-corrected chi connectivity index (χ2v) is 4.32. The molecule has 0 radical (unpaired) electrons. The number of aryl methyl sites for hydroxylation is 2. The molecule has 0 spiro atoms. The number of ether oxygens (including phenoxy) is 1. The van der Waals surface area contributed by atoms with Gasteiger partial charge in [-0.3, -0.25) is 0 Å². The van der Waals surface area contributed by atoms with Crippen molar-refractivity contribution in [1.82, 2.24) is 15.2 Å². The molecule has 2 atom stereocenters. The van der Waals surface area contributed by atoms with Crippen LogP contribution in [0.2, 0.25) is 0 Å². The number of methoxy groups -OCH3 is 1. The van der Waals surface area contributed by atoms with E-state index >= 15 is 0 Å². The lowest BCUT2D eigenvalue weighted by molar-refractivity contribution is 0.108. The van der Waals surface area contributed by atoms with Crippen LogP contribution in [0.4, 0.5) is 5.95 Å². The molecule has 16 heavy (non-hydrogen) atoms. The van der Waals surface area contributed by atoms with Gasteiger partial charge in [-0.15, -0.1) is 5.10 Å². The van der Waals surface area contributed by atoms with Gasteiger partial charge in [0.1, 0.15) is 0 Å². The van der Waals surface area contributed by atoms with Crippen LogP contribution >= 0.6 is 0 Å². The minimum Gasteiger partial charge on any atom is -0.381 e. The Morgan fingerprint density at radius 3 is 2.62 bits per heavy atom. The van der Waals surface area contributed by atoms with Gasteiger partial charge in [0, 0.05) is 13.2 Å². The van der Waals surface area contributed by atoms with E-state index in [1.807, 2.05) is 13.8 Å². The first-order valence-electron chi connectivity index (χ1n) is 5.66. The number of anilines is 1. The zero-order chi connectivity index (χ0) is 11.5. The fraction of sp³-hybridized carbons (Fsp3) is 0.727. The molecule has 0 amide bonds. The lowest BCUT2D eigenvalue weighted by Gasteiger charge is -2.12. The average molecular weight is 222 g/mol. The van der Waals surface area contributed by atoms with Crippen molar-refractivity contribution in [2.24, 2.45) is 0 Å². The number of nitrogens with one attached hydrogen (secondary N) is 1. The van der Waals surface area contributed by atoms with Gasteiger partial charge in [-0.25, -0.2) is 4.98 Å². The number of hydrogen-bond acceptors (Lipinski definition) is 5. The van der Waals surface area contributed by atoms with Crippen LogP contribution < -0.4 is 5.32 Å². The first-order chi connectivity index (χ1) is 7.69. The van der Waals surface area contributed by atoms with E-state index in [2.05, 4.69) is 20.5 Å². The van der Waals surface area contributed by atoms with Gasteiger partial charge in [0.05, 0.1) is 17.5 Å². The summed E-state index contributed by atoms with van der Waals surface area (Å²) in [5, 5.41) is 11.4. The SMILES string of the molecule is COC1CCC(Nc2nnc(C)c(C)n2)C1. The van der Waals surface area contributed by atoms with Gasteiger partial charge >= 0.3 is 0 Å². The summed E-state index contributed by atoms with van der Waals surface area (Å²) in [6, 6.07) is 0.411. The maximum atomic E-state index is 5.33. The third-order valence-corrected chi connectivity index (χ3v) is 3.14. The van der Waals surface area contributed by atoms with E-state index in [0.29, 0.717) is 18.1 Å². The molecule has 2 rings (SSSR count). The monoisotopic (exact) mass is 222 g/mol. The van der Waals surface area contributed by atoms with Crippen LogP contribution in [0.25, 0.3) is 0 Å². The molecule has 1 aromatic rings. The molecule has 1 N–H and O–H groups in total. The van der Waals surface area contributed by atoms with Crippen molar-refractivity contribution in [2.45, 2.75) is 45.3 Å². The highest BCUT2D eigenvalue weighted by Gasteiger charge is 2.24. The fourth-order valence-corrected chi connectivity index (χ4v) is 1.99. The fourth-order valence-electron chi connectivity index (χ4n) is 1.99. The Morgan fingerprint density at radius 2 is 2.00 bits per heavy atom. The van der Waals surface area contributed by atoms with E-state index in [0.717, 1.165) is 30.7 Å². The number of aromatic nitrogens is 3. The van der Waals surface area contributed by atoms with Crippen molar-refractivity contribution < 1.29 is 4.74 Å².